The van der Waals surface area contributed by atoms with Gasteiger partial charge in [0.25, 0.3) is 0 Å². The summed E-state index contributed by atoms with van der Waals surface area (Å²) >= 11 is 3.14. The molecule has 1 aromatic heterocycles. The van der Waals surface area contributed by atoms with Crippen LogP contribution in [-0.4, -0.2) is 23.6 Å². The summed E-state index contributed by atoms with van der Waals surface area (Å²) in [5, 5.41) is 3.22. The molecule has 0 saturated heterocycles. The summed E-state index contributed by atoms with van der Waals surface area (Å²) in [5.74, 6) is 0.864. The van der Waals surface area contributed by atoms with Crippen molar-refractivity contribution in [3.8, 4) is 11.4 Å². The Bertz CT molecular complexity index is 622. The lowest BCUT2D eigenvalue weighted by Crippen LogP contribution is -2.06. The molecule has 2 rings (SSSR count). The number of hydrogen-bond donors (Lipinski definition) is 1. The summed E-state index contributed by atoms with van der Waals surface area (Å²) in [6, 6.07) is 6.69. The van der Waals surface area contributed by atoms with E-state index in [2.05, 4.69) is 38.1 Å². The highest BCUT2D eigenvalue weighted by atomic mass is 79.9. The Morgan fingerprint density at radius 2 is 2.10 bits per heavy atom. The standard InChI is InChI=1S/C15H17BrFN3O/c1-3-6-18-14-8-11(9-21-2)19-15(20-14)10-4-5-12(16)13(17)7-10/h4-5,7-8H,3,6,9H2,1-2H3,(H,18,19,20). The average Bonchev–Trinajstić information content (AvgIpc) is 2.48. The summed E-state index contributed by atoms with van der Waals surface area (Å²) in [5.41, 5.74) is 1.39. The molecule has 0 aliphatic carbocycles. The largest absolute Gasteiger partial charge is 0.378 e. The molecular weight excluding hydrogens is 337 g/mol. The van der Waals surface area contributed by atoms with Crippen LogP contribution in [0.3, 0.4) is 0 Å². The Morgan fingerprint density at radius 3 is 2.76 bits per heavy atom. The fourth-order valence-corrected chi connectivity index (χ4v) is 2.07. The van der Waals surface area contributed by atoms with E-state index in [9.17, 15) is 4.39 Å². The Hall–Kier alpha value is -1.53. The minimum atomic E-state index is -0.337. The monoisotopic (exact) mass is 353 g/mol. The molecule has 0 radical (unpaired) electrons. The molecule has 0 unspecified atom stereocenters. The molecule has 0 amide bonds. The number of aromatic nitrogens is 2. The highest BCUT2D eigenvalue weighted by molar-refractivity contribution is 9.10. The first-order chi connectivity index (χ1) is 10.1. The lowest BCUT2D eigenvalue weighted by molar-refractivity contribution is 0.181. The zero-order valence-electron chi connectivity index (χ0n) is 12.0. The van der Waals surface area contributed by atoms with E-state index in [1.807, 2.05) is 6.07 Å². The smallest absolute Gasteiger partial charge is 0.161 e. The van der Waals surface area contributed by atoms with Gasteiger partial charge in [0.1, 0.15) is 11.6 Å². The molecule has 0 aliphatic heterocycles. The van der Waals surface area contributed by atoms with Crippen molar-refractivity contribution >= 4 is 21.7 Å². The van der Waals surface area contributed by atoms with E-state index < -0.39 is 0 Å². The van der Waals surface area contributed by atoms with Crippen LogP contribution in [0.25, 0.3) is 11.4 Å². The molecule has 112 valence electrons. The van der Waals surface area contributed by atoms with Crippen LogP contribution in [0.15, 0.2) is 28.7 Å². The van der Waals surface area contributed by atoms with Crippen molar-refractivity contribution in [1.29, 1.82) is 0 Å². The van der Waals surface area contributed by atoms with Crippen LogP contribution >= 0.6 is 15.9 Å². The van der Waals surface area contributed by atoms with Crippen LogP contribution in [0.2, 0.25) is 0 Å². The van der Waals surface area contributed by atoms with E-state index >= 15 is 0 Å². The zero-order chi connectivity index (χ0) is 15.2. The molecule has 0 bridgehead atoms. The normalized spacial score (nSPS) is 10.7. The van der Waals surface area contributed by atoms with Crippen LogP contribution in [0.4, 0.5) is 10.2 Å². The molecule has 1 N–H and O–H groups in total. The summed E-state index contributed by atoms with van der Waals surface area (Å²) < 4.78 is 19.2. The number of halogens is 2. The summed E-state index contributed by atoms with van der Waals surface area (Å²) in [6.07, 6.45) is 0.992. The van der Waals surface area contributed by atoms with Gasteiger partial charge in [-0.05, 0) is 40.5 Å². The Kier molecular flexibility index (Phi) is 5.64. The molecule has 1 aromatic carbocycles. The van der Waals surface area contributed by atoms with Gasteiger partial charge < -0.3 is 10.1 Å². The number of anilines is 1. The number of nitrogens with zero attached hydrogens (tertiary/aromatic N) is 2. The number of nitrogens with one attached hydrogen (secondary N) is 1. The summed E-state index contributed by atoms with van der Waals surface area (Å²) in [7, 11) is 1.61. The molecule has 4 nitrogen and oxygen atoms in total. The number of methoxy groups -OCH3 is 1. The Labute approximate surface area is 131 Å². The predicted molar refractivity (Wildman–Crippen MR) is 84.6 cm³/mol. The lowest BCUT2D eigenvalue weighted by atomic mass is 10.2. The highest BCUT2D eigenvalue weighted by Crippen LogP contribution is 2.23. The first kappa shape index (κ1) is 15.9. The van der Waals surface area contributed by atoms with Gasteiger partial charge in [0.2, 0.25) is 0 Å². The topological polar surface area (TPSA) is 47.0 Å². The SMILES string of the molecule is CCCNc1cc(COC)nc(-c2ccc(Br)c(F)c2)n1. The first-order valence-electron chi connectivity index (χ1n) is 6.70. The second kappa shape index (κ2) is 7.47. The fourth-order valence-electron chi connectivity index (χ4n) is 1.83. The molecule has 0 atom stereocenters. The molecule has 21 heavy (non-hydrogen) atoms. The Balaban J connectivity index is 2.40. The maximum Gasteiger partial charge on any atom is 0.161 e. The van der Waals surface area contributed by atoms with Crippen LogP contribution in [-0.2, 0) is 11.3 Å². The van der Waals surface area contributed by atoms with Crippen molar-refractivity contribution in [3.05, 3.63) is 40.2 Å². The minimum absolute atomic E-state index is 0.337. The van der Waals surface area contributed by atoms with E-state index in [-0.39, 0.29) is 5.82 Å². The molecule has 1 heterocycles. The number of ether oxygens (including phenoxy) is 1. The first-order valence-corrected chi connectivity index (χ1v) is 7.49. The third-order valence-corrected chi connectivity index (χ3v) is 3.45. The molecule has 0 fully saturated rings. The molecule has 0 spiro atoms. The van der Waals surface area contributed by atoms with Gasteiger partial charge in [0.05, 0.1) is 16.8 Å². The molecule has 6 heteroatoms. The molecule has 2 aromatic rings. The second-order valence-corrected chi connectivity index (χ2v) is 5.41. The van der Waals surface area contributed by atoms with Crippen molar-refractivity contribution < 1.29 is 9.13 Å². The van der Waals surface area contributed by atoms with Gasteiger partial charge in [-0.3, -0.25) is 0 Å². The van der Waals surface area contributed by atoms with Gasteiger partial charge in [-0.1, -0.05) is 6.92 Å². The van der Waals surface area contributed by atoms with Crippen LogP contribution in [0.1, 0.15) is 19.0 Å². The summed E-state index contributed by atoms with van der Waals surface area (Å²) in [4.78, 5) is 8.85. The van der Waals surface area contributed by atoms with Crippen LogP contribution < -0.4 is 5.32 Å². The second-order valence-electron chi connectivity index (χ2n) is 4.56. The van der Waals surface area contributed by atoms with Gasteiger partial charge in [-0.2, -0.15) is 0 Å². The fraction of sp³-hybridized carbons (Fsp3) is 0.333. The van der Waals surface area contributed by atoms with E-state index in [1.165, 1.54) is 6.07 Å². The minimum Gasteiger partial charge on any atom is -0.378 e. The van der Waals surface area contributed by atoms with Gasteiger partial charge in [0.15, 0.2) is 5.82 Å². The van der Waals surface area contributed by atoms with Crippen LogP contribution in [0, 0.1) is 5.82 Å². The van der Waals surface area contributed by atoms with Crippen LogP contribution in [0.5, 0.6) is 0 Å². The number of benzene rings is 1. The van der Waals surface area contributed by atoms with Crippen molar-refractivity contribution in [2.45, 2.75) is 20.0 Å². The maximum absolute atomic E-state index is 13.7. The van der Waals surface area contributed by atoms with Crippen molar-refractivity contribution in [2.75, 3.05) is 19.0 Å². The van der Waals surface area contributed by atoms with E-state index in [0.717, 1.165) is 24.5 Å². The molecular formula is C15H17BrFN3O. The average molecular weight is 354 g/mol. The van der Waals surface area contributed by atoms with Crippen molar-refractivity contribution in [3.63, 3.8) is 0 Å². The van der Waals surface area contributed by atoms with E-state index in [4.69, 9.17) is 4.74 Å². The molecule has 0 saturated carbocycles. The lowest BCUT2D eigenvalue weighted by Gasteiger charge is -2.09. The van der Waals surface area contributed by atoms with E-state index in [0.29, 0.717) is 22.5 Å². The van der Waals surface area contributed by atoms with E-state index in [1.54, 1.807) is 19.2 Å². The van der Waals surface area contributed by atoms with Gasteiger partial charge in [0, 0.05) is 25.3 Å². The van der Waals surface area contributed by atoms with Crippen molar-refractivity contribution in [1.82, 2.24) is 9.97 Å². The zero-order valence-corrected chi connectivity index (χ0v) is 13.6. The third-order valence-electron chi connectivity index (χ3n) is 2.81. The third kappa shape index (κ3) is 4.22. The Morgan fingerprint density at radius 1 is 1.29 bits per heavy atom. The quantitative estimate of drug-likeness (QED) is 0.851. The number of hydrogen-bond acceptors (Lipinski definition) is 4. The van der Waals surface area contributed by atoms with Gasteiger partial charge >= 0.3 is 0 Å². The van der Waals surface area contributed by atoms with Gasteiger partial charge in [-0.25, -0.2) is 14.4 Å². The number of rotatable bonds is 6. The summed E-state index contributed by atoms with van der Waals surface area (Å²) in [6.45, 7) is 3.28. The maximum atomic E-state index is 13.7. The highest BCUT2D eigenvalue weighted by Gasteiger charge is 2.09. The predicted octanol–water partition coefficient (Wildman–Crippen LogP) is 4.01. The molecule has 0 aliphatic rings. The van der Waals surface area contributed by atoms with Gasteiger partial charge in [-0.15, -0.1) is 0 Å². The van der Waals surface area contributed by atoms with Crippen molar-refractivity contribution in [2.24, 2.45) is 0 Å².